The van der Waals surface area contributed by atoms with Gasteiger partial charge in [-0.1, -0.05) is 23.5 Å². The van der Waals surface area contributed by atoms with Crippen molar-refractivity contribution in [2.75, 3.05) is 25.6 Å². The van der Waals surface area contributed by atoms with Crippen molar-refractivity contribution in [3.63, 3.8) is 0 Å². The topological polar surface area (TPSA) is 79.7 Å². The van der Waals surface area contributed by atoms with Gasteiger partial charge in [0.05, 0.1) is 7.11 Å². The molecule has 0 spiro atoms. The van der Waals surface area contributed by atoms with E-state index in [9.17, 15) is 19.1 Å². The maximum absolute atomic E-state index is 14.0. The zero-order valence-electron chi connectivity index (χ0n) is 13.3. The first kappa shape index (κ1) is 17.9. The Hall–Kier alpha value is -2.48. The van der Waals surface area contributed by atoms with Gasteiger partial charge in [-0.25, -0.2) is 14.2 Å². The number of carboxylic acids is 1. The largest absolute Gasteiger partial charge is 0.477 e. The van der Waals surface area contributed by atoms with Crippen LogP contribution in [-0.4, -0.2) is 42.7 Å². The van der Waals surface area contributed by atoms with E-state index >= 15 is 0 Å². The second-order valence-corrected chi connectivity index (χ2v) is 6.04. The molecule has 0 unspecified atom stereocenters. The van der Waals surface area contributed by atoms with Crippen LogP contribution in [0.15, 0.2) is 24.3 Å². The van der Waals surface area contributed by atoms with E-state index in [0.717, 1.165) is 11.3 Å². The highest BCUT2D eigenvalue weighted by atomic mass is 32.1. The lowest BCUT2D eigenvalue weighted by Gasteiger charge is -2.14. The summed E-state index contributed by atoms with van der Waals surface area (Å²) in [5.74, 6) is -1.98. The summed E-state index contributed by atoms with van der Waals surface area (Å²) < 4.78 is 18.5. The van der Waals surface area contributed by atoms with Crippen LogP contribution in [0.2, 0.25) is 0 Å². The highest BCUT2D eigenvalue weighted by Gasteiger charge is 2.22. The lowest BCUT2D eigenvalue weighted by molar-refractivity contribution is -0.140. The molecule has 6 nitrogen and oxygen atoms in total. The number of benzene rings is 1. The molecule has 0 saturated carbocycles. The first-order chi connectivity index (χ1) is 11.4. The Morgan fingerprint density at radius 2 is 2.08 bits per heavy atom. The van der Waals surface area contributed by atoms with E-state index in [1.807, 2.05) is 0 Å². The van der Waals surface area contributed by atoms with Gasteiger partial charge in [-0.3, -0.25) is 4.79 Å². The van der Waals surface area contributed by atoms with Crippen molar-refractivity contribution in [2.24, 2.45) is 0 Å². The fraction of sp³-hybridized carbons (Fsp3) is 0.312. The normalized spacial score (nSPS) is 10.5. The van der Waals surface area contributed by atoms with E-state index in [1.165, 1.54) is 25.3 Å². The Morgan fingerprint density at radius 1 is 1.38 bits per heavy atom. The maximum atomic E-state index is 14.0. The summed E-state index contributed by atoms with van der Waals surface area (Å²) in [6.45, 7) is 0.498. The first-order valence-corrected chi connectivity index (χ1v) is 8.02. The maximum Gasteiger partial charge on any atom is 0.348 e. The minimum absolute atomic E-state index is 0.0186. The third-order valence-electron chi connectivity index (χ3n) is 3.37. The van der Waals surface area contributed by atoms with Crippen LogP contribution in [-0.2, 0) is 9.53 Å². The number of halogens is 1. The number of nitrogens with zero attached hydrogens (tertiary/aromatic N) is 2. The zero-order chi connectivity index (χ0) is 17.7. The van der Waals surface area contributed by atoms with Crippen LogP contribution in [0.4, 0.5) is 9.52 Å². The van der Waals surface area contributed by atoms with Crippen LogP contribution in [0.1, 0.15) is 22.5 Å². The summed E-state index contributed by atoms with van der Waals surface area (Å²) in [7, 11) is 3.07. The minimum Gasteiger partial charge on any atom is -0.477 e. The number of ether oxygens (including phenoxy) is 1. The number of carbonyl (C=O) groups excluding carboxylic acids is 1. The molecule has 2 aromatic rings. The number of methoxy groups -OCH3 is 1. The number of esters is 1. The summed E-state index contributed by atoms with van der Waals surface area (Å²) in [6, 6.07) is 5.92. The van der Waals surface area contributed by atoms with Crippen molar-refractivity contribution < 1.29 is 23.8 Å². The van der Waals surface area contributed by atoms with Gasteiger partial charge in [0.2, 0.25) is 0 Å². The van der Waals surface area contributed by atoms with E-state index in [0.29, 0.717) is 18.1 Å². The van der Waals surface area contributed by atoms with Gasteiger partial charge in [0, 0.05) is 25.6 Å². The monoisotopic (exact) mass is 352 g/mol. The summed E-state index contributed by atoms with van der Waals surface area (Å²) in [4.78, 5) is 28.6. The highest BCUT2D eigenvalue weighted by molar-refractivity contribution is 7.17. The quantitative estimate of drug-likeness (QED) is 0.772. The predicted molar refractivity (Wildman–Crippen MR) is 89.0 cm³/mol. The van der Waals surface area contributed by atoms with Crippen LogP contribution < -0.4 is 4.90 Å². The highest BCUT2D eigenvalue weighted by Crippen LogP contribution is 2.34. The average molecular weight is 352 g/mol. The number of carboxylic acid groups (broad SMARTS) is 1. The standard InChI is InChI=1S/C16H17FN2O4S/c1-19(9-5-8-12(20)23-2)16-18-13(14(24-16)15(21)22)10-6-3-4-7-11(10)17/h3-4,6-7H,5,8-9H2,1-2H3,(H,21,22). The lowest BCUT2D eigenvalue weighted by atomic mass is 10.1. The second-order valence-electron chi connectivity index (χ2n) is 5.06. The van der Waals surface area contributed by atoms with Crippen LogP contribution in [0.25, 0.3) is 11.3 Å². The molecule has 0 amide bonds. The Morgan fingerprint density at radius 3 is 2.71 bits per heavy atom. The van der Waals surface area contributed by atoms with Crippen molar-refractivity contribution in [1.82, 2.24) is 4.98 Å². The molecule has 0 aliphatic rings. The first-order valence-electron chi connectivity index (χ1n) is 7.21. The molecular weight excluding hydrogens is 335 g/mol. The molecule has 128 valence electrons. The Bertz CT molecular complexity index is 747. The van der Waals surface area contributed by atoms with Crippen LogP contribution in [0.3, 0.4) is 0 Å². The van der Waals surface area contributed by atoms with Crippen molar-refractivity contribution in [3.05, 3.63) is 35.0 Å². The van der Waals surface area contributed by atoms with Gasteiger partial charge in [0.25, 0.3) is 0 Å². The molecule has 8 heteroatoms. The predicted octanol–water partition coefficient (Wildman–Crippen LogP) is 3.04. The molecule has 0 aliphatic carbocycles. The molecule has 1 aromatic carbocycles. The average Bonchev–Trinajstić information content (AvgIpc) is 3.00. The van der Waals surface area contributed by atoms with E-state index in [4.69, 9.17) is 0 Å². The third kappa shape index (κ3) is 4.08. The van der Waals surface area contributed by atoms with Gasteiger partial charge in [0.1, 0.15) is 16.4 Å². The lowest BCUT2D eigenvalue weighted by Crippen LogP contribution is -2.19. The van der Waals surface area contributed by atoms with Gasteiger partial charge in [-0.05, 0) is 18.6 Å². The fourth-order valence-corrected chi connectivity index (χ4v) is 3.02. The zero-order valence-corrected chi connectivity index (χ0v) is 14.1. The molecule has 1 N–H and O–H groups in total. The van der Waals surface area contributed by atoms with E-state index in [2.05, 4.69) is 9.72 Å². The fourth-order valence-electron chi connectivity index (χ4n) is 2.11. The second kappa shape index (κ2) is 7.87. The van der Waals surface area contributed by atoms with E-state index in [-0.39, 0.29) is 28.5 Å². The number of carbonyl (C=O) groups is 2. The Labute approximate surface area is 142 Å². The summed E-state index contributed by atoms with van der Waals surface area (Å²) in [6.07, 6.45) is 0.804. The minimum atomic E-state index is -1.15. The molecule has 0 radical (unpaired) electrons. The molecule has 1 heterocycles. The van der Waals surface area contributed by atoms with Gasteiger partial charge in [-0.2, -0.15) is 0 Å². The number of hydrogen-bond donors (Lipinski definition) is 1. The summed E-state index contributed by atoms with van der Waals surface area (Å²) >= 11 is 0.976. The summed E-state index contributed by atoms with van der Waals surface area (Å²) in [5.41, 5.74) is 0.265. The molecule has 24 heavy (non-hydrogen) atoms. The van der Waals surface area contributed by atoms with Crippen molar-refractivity contribution in [2.45, 2.75) is 12.8 Å². The van der Waals surface area contributed by atoms with Crippen molar-refractivity contribution in [3.8, 4) is 11.3 Å². The number of hydrogen-bond acceptors (Lipinski definition) is 6. The van der Waals surface area contributed by atoms with Crippen molar-refractivity contribution >= 4 is 28.4 Å². The molecule has 0 fully saturated rings. The van der Waals surface area contributed by atoms with Gasteiger partial charge < -0.3 is 14.7 Å². The molecule has 0 aliphatic heterocycles. The van der Waals surface area contributed by atoms with Gasteiger partial charge in [0.15, 0.2) is 5.13 Å². The number of aromatic carboxylic acids is 1. The van der Waals surface area contributed by atoms with Crippen LogP contribution in [0.5, 0.6) is 0 Å². The Kier molecular flexibility index (Phi) is 5.86. The molecule has 0 saturated heterocycles. The third-order valence-corrected chi connectivity index (χ3v) is 4.53. The summed E-state index contributed by atoms with van der Waals surface area (Å²) in [5, 5.41) is 9.82. The number of aromatic nitrogens is 1. The SMILES string of the molecule is COC(=O)CCCN(C)c1nc(-c2ccccc2F)c(C(=O)O)s1. The van der Waals surface area contributed by atoms with Crippen LogP contribution in [0, 0.1) is 5.82 Å². The van der Waals surface area contributed by atoms with Gasteiger partial charge in [-0.15, -0.1) is 0 Å². The number of thiazole rings is 1. The Balaban J connectivity index is 2.24. The smallest absolute Gasteiger partial charge is 0.348 e. The molecule has 1 aromatic heterocycles. The molecule has 0 atom stereocenters. The molecular formula is C16H17FN2O4S. The van der Waals surface area contributed by atoms with Crippen LogP contribution >= 0.6 is 11.3 Å². The van der Waals surface area contributed by atoms with E-state index in [1.54, 1.807) is 18.0 Å². The van der Waals surface area contributed by atoms with Gasteiger partial charge >= 0.3 is 11.9 Å². The molecule has 2 rings (SSSR count). The van der Waals surface area contributed by atoms with Crippen molar-refractivity contribution in [1.29, 1.82) is 0 Å². The number of rotatable bonds is 7. The molecule has 0 bridgehead atoms. The van der Waals surface area contributed by atoms with E-state index < -0.39 is 11.8 Å². The number of anilines is 1.